The molecule has 0 aliphatic heterocycles. The fourth-order valence-electron chi connectivity index (χ4n) is 2.32. The standard InChI is InChI=1S/C19H20O4/c1-13-6-5-7-15(12-13)16(20)10-8-14-9-11-17(21-2)19(23-4)18(14)22-3/h5-12H,1-4H3/b10-8+. The molecule has 0 unspecified atom stereocenters. The predicted molar refractivity (Wildman–Crippen MR) is 90.6 cm³/mol. The van der Waals surface area contributed by atoms with E-state index in [1.54, 1.807) is 39.5 Å². The van der Waals surface area contributed by atoms with Crippen LogP contribution in [0.4, 0.5) is 0 Å². The molecule has 0 fully saturated rings. The second-order valence-electron chi connectivity index (χ2n) is 4.99. The average Bonchev–Trinajstić information content (AvgIpc) is 2.58. The minimum atomic E-state index is -0.0643. The summed E-state index contributed by atoms with van der Waals surface area (Å²) >= 11 is 0. The van der Waals surface area contributed by atoms with Gasteiger partial charge in [-0.2, -0.15) is 0 Å². The van der Waals surface area contributed by atoms with E-state index in [2.05, 4.69) is 0 Å². The molecule has 2 rings (SSSR count). The summed E-state index contributed by atoms with van der Waals surface area (Å²) < 4.78 is 16.0. The van der Waals surface area contributed by atoms with Gasteiger partial charge in [-0.15, -0.1) is 0 Å². The van der Waals surface area contributed by atoms with Crippen LogP contribution in [0.2, 0.25) is 0 Å². The quantitative estimate of drug-likeness (QED) is 0.599. The Morgan fingerprint density at radius 1 is 0.957 bits per heavy atom. The monoisotopic (exact) mass is 312 g/mol. The van der Waals surface area contributed by atoms with Crippen molar-refractivity contribution >= 4 is 11.9 Å². The van der Waals surface area contributed by atoms with E-state index >= 15 is 0 Å². The molecule has 0 N–H and O–H groups in total. The summed E-state index contributed by atoms with van der Waals surface area (Å²) in [7, 11) is 4.66. The summed E-state index contributed by atoms with van der Waals surface area (Å²) in [6, 6.07) is 11.1. The molecule has 0 saturated carbocycles. The van der Waals surface area contributed by atoms with Crippen molar-refractivity contribution in [2.75, 3.05) is 21.3 Å². The van der Waals surface area contributed by atoms with Crippen molar-refractivity contribution in [3.63, 3.8) is 0 Å². The van der Waals surface area contributed by atoms with E-state index in [0.29, 0.717) is 22.8 Å². The lowest BCUT2D eigenvalue weighted by Gasteiger charge is -2.13. The van der Waals surface area contributed by atoms with Crippen LogP contribution >= 0.6 is 0 Å². The number of rotatable bonds is 6. The Hall–Kier alpha value is -2.75. The molecule has 0 aromatic heterocycles. The lowest BCUT2D eigenvalue weighted by Crippen LogP contribution is -1.97. The number of carbonyl (C=O) groups is 1. The van der Waals surface area contributed by atoms with Gasteiger partial charge in [0.15, 0.2) is 17.3 Å². The molecule has 0 aliphatic rings. The van der Waals surface area contributed by atoms with Crippen molar-refractivity contribution in [3.05, 3.63) is 59.2 Å². The Morgan fingerprint density at radius 3 is 2.30 bits per heavy atom. The predicted octanol–water partition coefficient (Wildman–Crippen LogP) is 3.92. The molecule has 4 nitrogen and oxygen atoms in total. The van der Waals surface area contributed by atoms with Crippen molar-refractivity contribution in [2.45, 2.75) is 6.92 Å². The highest BCUT2D eigenvalue weighted by Gasteiger charge is 2.14. The van der Waals surface area contributed by atoms with Crippen molar-refractivity contribution in [2.24, 2.45) is 0 Å². The van der Waals surface area contributed by atoms with Crippen molar-refractivity contribution in [1.29, 1.82) is 0 Å². The lowest BCUT2D eigenvalue weighted by molar-refractivity contribution is 0.104. The normalized spacial score (nSPS) is 10.6. The summed E-state index contributed by atoms with van der Waals surface area (Å²) in [5, 5.41) is 0. The molecular formula is C19H20O4. The molecule has 0 amide bonds. The summed E-state index contributed by atoms with van der Waals surface area (Å²) in [5.74, 6) is 1.54. The Bertz CT molecular complexity index is 732. The molecule has 0 spiro atoms. The maximum Gasteiger partial charge on any atom is 0.203 e. The molecule has 23 heavy (non-hydrogen) atoms. The molecule has 0 radical (unpaired) electrons. The van der Waals surface area contributed by atoms with Crippen molar-refractivity contribution in [3.8, 4) is 17.2 Å². The number of allylic oxidation sites excluding steroid dienone is 1. The fourth-order valence-corrected chi connectivity index (χ4v) is 2.32. The van der Waals surface area contributed by atoms with Crippen LogP contribution in [-0.2, 0) is 0 Å². The van der Waals surface area contributed by atoms with Gasteiger partial charge in [0, 0.05) is 11.1 Å². The number of hydrogen-bond acceptors (Lipinski definition) is 4. The first-order valence-corrected chi connectivity index (χ1v) is 7.18. The zero-order chi connectivity index (χ0) is 16.8. The molecular weight excluding hydrogens is 292 g/mol. The zero-order valence-electron chi connectivity index (χ0n) is 13.8. The van der Waals surface area contributed by atoms with Gasteiger partial charge in [-0.25, -0.2) is 0 Å². The van der Waals surface area contributed by atoms with Crippen molar-refractivity contribution in [1.82, 2.24) is 0 Å². The van der Waals surface area contributed by atoms with Gasteiger partial charge in [0.25, 0.3) is 0 Å². The van der Waals surface area contributed by atoms with Crippen LogP contribution in [0.25, 0.3) is 6.08 Å². The maximum atomic E-state index is 12.3. The minimum absolute atomic E-state index is 0.0643. The maximum absolute atomic E-state index is 12.3. The number of ketones is 1. The number of ether oxygens (including phenoxy) is 3. The molecule has 4 heteroatoms. The first-order chi connectivity index (χ1) is 11.1. The third kappa shape index (κ3) is 3.72. The topological polar surface area (TPSA) is 44.8 Å². The molecule has 0 saturated heterocycles. The summed E-state index contributed by atoms with van der Waals surface area (Å²) in [6.45, 7) is 1.96. The Labute approximate surface area is 136 Å². The minimum Gasteiger partial charge on any atom is -0.493 e. The molecule has 0 aliphatic carbocycles. The molecule has 0 bridgehead atoms. The molecule has 2 aromatic rings. The first-order valence-electron chi connectivity index (χ1n) is 7.18. The Morgan fingerprint density at radius 2 is 1.70 bits per heavy atom. The summed E-state index contributed by atoms with van der Waals surface area (Å²) in [5.41, 5.74) is 2.44. The SMILES string of the molecule is COc1ccc(/C=C/C(=O)c2cccc(C)c2)c(OC)c1OC. The van der Waals surface area contributed by atoms with Crippen LogP contribution in [0.1, 0.15) is 21.5 Å². The van der Waals surface area contributed by atoms with Gasteiger partial charge in [0.1, 0.15) is 0 Å². The zero-order valence-corrected chi connectivity index (χ0v) is 13.8. The Balaban J connectivity index is 2.34. The van der Waals surface area contributed by atoms with E-state index in [9.17, 15) is 4.79 Å². The lowest BCUT2D eigenvalue weighted by atomic mass is 10.1. The summed E-state index contributed by atoms with van der Waals surface area (Å²) in [6.07, 6.45) is 3.24. The van der Waals surface area contributed by atoms with E-state index in [-0.39, 0.29) is 5.78 Å². The van der Waals surface area contributed by atoms with Crippen molar-refractivity contribution < 1.29 is 19.0 Å². The van der Waals surface area contributed by atoms with E-state index in [0.717, 1.165) is 11.1 Å². The van der Waals surface area contributed by atoms with E-state index < -0.39 is 0 Å². The van der Waals surface area contributed by atoms with Crippen LogP contribution < -0.4 is 14.2 Å². The third-order valence-electron chi connectivity index (χ3n) is 3.45. The van der Waals surface area contributed by atoms with Gasteiger partial charge < -0.3 is 14.2 Å². The fraction of sp³-hybridized carbons (Fsp3) is 0.211. The largest absolute Gasteiger partial charge is 0.493 e. The van der Waals surface area contributed by atoms with Gasteiger partial charge >= 0.3 is 0 Å². The number of carbonyl (C=O) groups excluding carboxylic acids is 1. The Kier molecular flexibility index (Phi) is 5.41. The van der Waals surface area contributed by atoms with Gasteiger partial charge in [0.2, 0.25) is 5.75 Å². The molecule has 0 atom stereocenters. The van der Waals surface area contributed by atoms with E-state index in [1.807, 2.05) is 31.2 Å². The second kappa shape index (κ2) is 7.49. The smallest absolute Gasteiger partial charge is 0.203 e. The van der Waals surface area contributed by atoms with Crippen LogP contribution in [0, 0.1) is 6.92 Å². The molecule has 2 aromatic carbocycles. The van der Waals surface area contributed by atoms with Gasteiger partial charge in [-0.05, 0) is 37.3 Å². The van der Waals surface area contributed by atoms with E-state index in [1.165, 1.54) is 6.08 Å². The van der Waals surface area contributed by atoms with Crippen LogP contribution in [0.15, 0.2) is 42.5 Å². The highest BCUT2D eigenvalue weighted by molar-refractivity contribution is 6.07. The van der Waals surface area contributed by atoms with Crippen LogP contribution in [0.5, 0.6) is 17.2 Å². The third-order valence-corrected chi connectivity index (χ3v) is 3.45. The number of aryl methyl sites for hydroxylation is 1. The van der Waals surface area contributed by atoms with E-state index in [4.69, 9.17) is 14.2 Å². The highest BCUT2D eigenvalue weighted by atomic mass is 16.5. The highest BCUT2D eigenvalue weighted by Crippen LogP contribution is 2.40. The van der Waals surface area contributed by atoms with Gasteiger partial charge in [-0.1, -0.05) is 23.8 Å². The molecule has 120 valence electrons. The summed E-state index contributed by atoms with van der Waals surface area (Å²) in [4.78, 5) is 12.3. The van der Waals surface area contributed by atoms with Gasteiger partial charge in [0.05, 0.1) is 21.3 Å². The molecule has 0 heterocycles. The number of methoxy groups -OCH3 is 3. The number of hydrogen-bond donors (Lipinski definition) is 0. The average molecular weight is 312 g/mol. The first kappa shape index (κ1) is 16.6. The second-order valence-corrected chi connectivity index (χ2v) is 4.99. The number of benzene rings is 2. The van der Waals surface area contributed by atoms with Crippen LogP contribution in [0.3, 0.4) is 0 Å². The van der Waals surface area contributed by atoms with Crippen LogP contribution in [-0.4, -0.2) is 27.1 Å². The van der Waals surface area contributed by atoms with Gasteiger partial charge in [-0.3, -0.25) is 4.79 Å².